The molecule has 1 heterocycles. The molecule has 0 saturated carbocycles. The second-order valence-electron chi connectivity index (χ2n) is 4.81. The summed E-state index contributed by atoms with van der Waals surface area (Å²) in [7, 11) is 0.322. The monoisotopic (exact) mass is 315 g/mol. The molecule has 0 bridgehead atoms. The standard InChI is InChI=1S/C13H21N3O4S/c1-6-9(2)14-11-7-10(13(17)20-5)8-12(15-11)21(18,19)16(3)4/h7-9H,6H2,1-5H3,(H,14,15)/t9-/m0/s1. The molecule has 1 aromatic heterocycles. The molecule has 1 atom stereocenters. The van der Waals surface area contributed by atoms with E-state index in [-0.39, 0.29) is 16.6 Å². The van der Waals surface area contributed by atoms with Gasteiger partial charge < -0.3 is 10.1 Å². The Morgan fingerprint density at radius 3 is 2.52 bits per heavy atom. The quantitative estimate of drug-likeness (QED) is 0.797. The first kappa shape index (κ1) is 17.4. The van der Waals surface area contributed by atoms with Crippen molar-refractivity contribution in [2.45, 2.75) is 31.3 Å². The van der Waals surface area contributed by atoms with Crippen LogP contribution in [0.15, 0.2) is 17.2 Å². The maximum atomic E-state index is 12.2. The van der Waals surface area contributed by atoms with Gasteiger partial charge in [0.1, 0.15) is 5.82 Å². The van der Waals surface area contributed by atoms with Crippen molar-refractivity contribution < 1.29 is 17.9 Å². The lowest BCUT2D eigenvalue weighted by Crippen LogP contribution is -2.24. The van der Waals surface area contributed by atoms with Gasteiger partial charge in [-0.1, -0.05) is 6.92 Å². The average molecular weight is 315 g/mol. The second kappa shape index (κ2) is 6.86. The highest BCUT2D eigenvalue weighted by Gasteiger charge is 2.22. The highest BCUT2D eigenvalue weighted by atomic mass is 32.2. The smallest absolute Gasteiger partial charge is 0.338 e. The Labute approximate surface area is 125 Å². The van der Waals surface area contributed by atoms with Gasteiger partial charge in [0.25, 0.3) is 10.0 Å². The zero-order chi connectivity index (χ0) is 16.2. The number of nitrogens with one attached hydrogen (secondary N) is 1. The summed E-state index contributed by atoms with van der Waals surface area (Å²) in [5.74, 6) is -0.285. The van der Waals surface area contributed by atoms with E-state index < -0.39 is 16.0 Å². The van der Waals surface area contributed by atoms with E-state index in [0.29, 0.717) is 5.82 Å². The first-order valence-corrected chi connectivity index (χ1v) is 7.95. The number of hydrogen-bond acceptors (Lipinski definition) is 6. The molecule has 0 spiro atoms. The van der Waals surface area contributed by atoms with Gasteiger partial charge in [0.15, 0.2) is 5.03 Å². The SMILES string of the molecule is CC[C@H](C)Nc1cc(C(=O)OC)cc(S(=O)(=O)N(C)C)n1. The van der Waals surface area contributed by atoms with Crippen molar-refractivity contribution in [3.05, 3.63) is 17.7 Å². The van der Waals surface area contributed by atoms with Crippen LogP contribution in [0.25, 0.3) is 0 Å². The summed E-state index contributed by atoms with van der Waals surface area (Å²) in [6, 6.07) is 2.79. The molecule has 0 fully saturated rings. The molecule has 0 amide bonds. The Morgan fingerprint density at radius 1 is 1.43 bits per heavy atom. The molecular formula is C13H21N3O4S. The molecule has 1 N–H and O–H groups in total. The van der Waals surface area contributed by atoms with Crippen LogP contribution in [-0.4, -0.2) is 50.9 Å². The number of sulfonamides is 1. The summed E-state index contributed by atoms with van der Waals surface area (Å²) in [5, 5.41) is 2.87. The molecule has 0 unspecified atom stereocenters. The average Bonchev–Trinajstić information content (AvgIpc) is 2.45. The van der Waals surface area contributed by atoms with E-state index in [1.807, 2.05) is 13.8 Å². The highest BCUT2D eigenvalue weighted by Crippen LogP contribution is 2.18. The summed E-state index contributed by atoms with van der Waals surface area (Å²) < 4.78 is 30.1. The van der Waals surface area contributed by atoms with Crippen LogP contribution in [0.3, 0.4) is 0 Å². The third kappa shape index (κ3) is 4.15. The number of methoxy groups -OCH3 is 1. The van der Waals surface area contributed by atoms with Gasteiger partial charge >= 0.3 is 5.97 Å². The number of carbonyl (C=O) groups is 1. The number of ether oxygens (including phenoxy) is 1. The fraction of sp³-hybridized carbons (Fsp3) is 0.538. The summed E-state index contributed by atoms with van der Waals surface area (Å²) in [6.45, 7) is 3.92. The molecule has 1 rings (SSSR count). The third-order valence-electron chi connectivity index (χ3n) is 2.97. The van der Waals surface area contributed by atoms with Crippen LogP contribution in [0.1, 0.15) is 30.6 Å². The number of rotatable bonds is 6. The number of hydrogen-bond donors (Lipinski definition) is 1. The first-order valence-electron chi connectivity index (χ1n) is 6.51. The summed E-state index contributed by atoms with van der Waals surface area (Å²) in [5.41, 5.74) is 0.138. The van der Waals surface area contributed by atoms with E-state index in [1.54, 1.807) is 0 Å². The van der Waals surface area contributed by atoms with E-state index >= 15 is 0 Å². The molecule has 8 heteroatoms. The van der Waals surface area contributed by atoms with Crippen LogP contribution in [0.2, 0.25) is 0 Å². The van der Waals surface area contributed by atoms with Crippen molar-refractivity contribution in [3.63, 3.8) is 0 Å². The van der Waals surface area contributed by atoms with E-state index in [1.165, 1.54) is 33.3 Å². The van der Waals surface area contributed by atoms with E-state index in [9.17, 15) is 13.2 Å². The molecule has 1 aromatic rings. The van der Waals surface area contributed by atoms with Gasteiger partial charge in [0, 0.05) is 20.1 Å². The van der Waals surface area contributed by atoms with Gasteiger partial charge in [-0.15, -0.1) is 0 Å². The van der Waals surface area contributed by atoms with Gasteiger partial charge in [-0.05, 0) is 25.5 Å². The van der Waals surface area contributed by atoms with Gasteiger partial charge in [-0.3, -0.25) is 0 Å². The number of nitrogens with zero attached hydrogens (tertiary/aromatic N) is 2. The van der Waals surface area contributed by atoms with Crippen LogP contribution >= 0.6 is 0 Å². The van der Waals surface area contributed by atoms with Gasteiger partial charge in [-0.2, -0.15) is 0 Å². The molecule has 0 aromatic carbocycles. The van der Waals surface area contributed by atoms with Crippen molar-refractivity contribution in [2.24, 2.45) is 0 Å². The van der Waals surface area contributed by atoms with E-state index in [0.717, 1.165) is 10.7 Å². The molecular weight excluding hydrogens is 294 g/mol. The van der Waals surface area contributed by atoms with Gasteiger partial charge in [0.2, 0.25) is 0 Å². The lowest BCUT2D eigenvalue weighted by atomic mass is 10.2. The molecule has 7 nitrogen and oxygen atoms in total. The van der Waals surface area contributed by atoms with Crippen molar-refractivity contribution in [3.8, 4) is 0 Å². The maximum absolute atomic E-state index is 12.2. The number of carbonyl (C=O) groups excluding carboxylic acids is 1. The second-order valence-corrected chi connectivity index (χ2v) is 6.91. The maximum Gasteiger partial charge on any atom is 0.338 e. The van der Waals surface area contributed by atoms with Gasteiger partial charge in [0.05, 0.1) is 12.7 Å². The normalized spacial score (nSPS) is 13.0. The molecule has 21 heavy (non-hydrogen) atoms. The van der Waals surface area contributed by atoms with Crippen molar-refractivity contribution in [1.29, 1.82) is 0 Å². The van der Waals surface area contributed by atoms with Crippen molar-refractivity contribution in [2.75, 3.05) is 26.5 Å². The number of aromatic nitrogens is 1. The molecule has 0 aliphatic carbocycles. The number of pyridine rings is 1. The molecule has 0 aliphatic heterocycles. The van der Waals surface area contributed by atoms with Crippen LogP contribution in [0.5, 0.6) is 0 Å². The van der Waals surface area contributed by atoms with E-state index in [2.05, 4.69) is 15.0 Å². The van der Waals surface area contributed by atoms with Crippen LogP contribution < -0.4 is 5.32 Å². The number of anilines is 1. The van der Waals surface area contributed by atoms with Crippen LogP contribution in [0, 0.1) is 0 Å². The van der Waals surface area contributed by atoms with E-state index in [4.69, 9.17) is 0 Å². The lowest BCUT2D eigenvalue weighted by Gasteiger charge is -2.16. The summed E-state index contributed by atoms with van der Waals surface area (Å²) in [6.07, 6.45) is 0.833. The predicted molar refractivity (Wildman–Crippen MR) is 79.8 cm³/mol. The largest absolute Gasteiger partial charge is 0.465 e. The third-order valence-corrected chi connectivity index (χ3v) is 4.67. The van der Waals surface area contributed by atoms with Crippen LogP contribution in [-0.2, 0) is 14.8 Å². The molecule has 0 saturated heterocycles. The minimum atomic E-state index is -3.73. The molecule has 118 valence electrons. The highest BCUT2D eigenvalue weighted by molar-refractivity contribution is 7.89. The zero-order valence-electron chi connectivity index (χ0n) is 12.9. The lowest BCUT2D eigenvalue weighted by molar-refractivity contribution is 0.0600. The Morgan fingerprint density at radius 2 is 2.05 bits per heavy atom. The first-order chi connectivity index (χ1) is 9.72. The van der Waals surface area contributed by atoms with Crippen molar-refractivity contribution >= 4 is 21.8 Å². The Bertz CT molecular complexity index is 614. The molecule has 0 radical (unpaired) electrons. The minimum Gasteiger partial charge on any atom is -0.465 e. The Kier molecular flexibility index (Phi) is 5.68. The topological polar surface area (TPSA) is 88.6 Å². The fourth-order valence-electron chi connectivity index (χ4n) is 1.49. The van der Waals surface area contributed by atoms with Crippen molar-refractivity contribution in [1.82, 2.24) is 9.29 Å². The zero-order valence-corrected chi connectivity index (χ0v) is 13.7. The summed E-state index contributed by atoms with van der Waals surface area (Å²) >= 11 is 0. The molecule has 0 aliphatic rings. The number of esters is 1. The van der Waals surface area contributed by atoms with Gasteiger partial charge in [-0.25, -0.2) is 22.5 Å². The summed E-state index contributed by atoms with van der Waals surface area (Å²) in [4.78, 5) is 15.8. The Hall–Kier alpha value is -1.67. The fourth-order valence-corrected chi connectivity index (χ4v) is 2.35. The van der Waals surface area contributed by atoms with Crippen LogP contribution in [0.4, 0.5) is 5.82 Å². The minimum absolute atomic E-state index is 0.0975. The Balaban J connectivity index is 3.38. The predicted octanol–water partition coefficient (Wildman–Crippen LogP) is 1.33.